The molecule has 1 saturated carbocycles. The molecule has 0 aromatic heterocycles. The summed E-state index contributed by atoms with van der Waals surface area (Å²) in [6, 6.07) is 16.2. The van der Waals surface area contributed by atoms with Crippen molar-refractivity contribution in [3.05, 3.63) is 53.6 Å². The van der Waals surface area contributed by atoms with Crippen molar-refractivity contribution in [2.45, 2.75) is 38.1 Å². The fourth-order valence-corrected chi connectivity index (χ4v) is 3.19. The Morgan fingerprint density at radius 1 is 1.09 bits per heavy atom. The highest BCUT2D eigenvalue weighted by atomic mass is 16.1. The Morgan fingerprint density at radius 2 is 1.83 bits per heavy atom. The van der Waals surface area contributed by atoms with Crippen molar-refractivity contribution < 1.29 is 4.79 Å². The fourth-order valence-electron chi connectivity index (χ4n) is 3.19. The standard InChI is InChI=1S/C20H20N2O/c21-14-17(20(23)22-18-10-2-1-3-11-18)13-16-9-6-8-15-7-4-5-12-19(15)16/h4-9,12-13,18H,1-3,10-11H2,(H,22,23)/b17-13+. The van der Waals surface area contributed by atoms with E-state index in [0.29, 0.717) is 0 Å². The Morgan fingerprint density at radius 3 is 2.61 bits per heavy atom. The summed E-state index contributed by atoms with van der Waals surface area (Å²) < 4.78 is 0. The molecule has 0 atom stereocenters. The van der Waals surface area contributed by atoms with Crippen LogP contribution < -0.4 is 5.32 Å². The number of carbonyl (C=O) groups excluding carboxylic acids is 1. The van der Waals surface area contributed by atoms with Crippen LogP contribution in [-0.2, 0) is 4.79 Å². The minimum Gasteiger partial charge on any atom is -0.349 e. The maximum Gasteiger partial charge on any atom is 0.262 e. The highest BCUT2D eigenvalue weighted by molar-refractivity contribution is 6.04. The quantitative estimate of drug-likeness (QED) is 0.682. The predicted octanol–water partition coefficient (Wildman–Crippen LogP) is 4.20. The van der Waals surface area contributed by atoms with E-state index in [1.165, 1.54) is 6.42 Å². The molecule has 3 heteroatoms. The molecule has 1 N–H and O–H groups in total. The lowest BCUT2D eigenvalue weighted by atomic mass is 9.95. The van der Waals surface area contributed by atoms with Crippen molar-refractivity contribution in [2.75, 3.05) is 0 Å². The van der Waals surface area contributed by atoms with E-state index in [9.17, 15) is 10.1 Å². The first-order valence-corrected chi connectivity index (χ1v) is 8.18. The molecule has 0 radical (unpaired) electrons. The van der Waals surface area contributed by atoms with Gasteiger partial charge < -0.3 is 5.32 Å². The molecule has 0 heterocycles. The molecular weight excluding hydrogens is 284 g/mol. The van der Waals surface area contributed by atoms with E-state index in [4.69, 9.17) is 0 Å². The van der Waals surface area contributed by atoms with E-state index in [-0.39, 0.29) is 17.5 Å². The van der Waals surface area contributed by atoms with Crippen molar-refractivity contribution in [1.29, 1.82) is 5.26 Å². The van der Waals surface area contributed by atoms with Gasteiger partial charge >= 0.3 is 0 Å². The molecule has 1 fully saturated rings. The Kier molecular flexibility index (Phi) is 4.73. The third kappa shape index (κ3) is 3.60. The normalized spacial score (nSPS) is 16.0. The van der Waals surface area contributed by atoms with Gasteiger partial charge in [-0.25, -0.2) is 0 Å². The first-order chi connectivity index (χ1) is 11.3. The van der Waals surface area contributed by atoms with Crippen LogP contribution in [0.3, 0.4) is 0 Å². The molecule has 1 aliphatic rings. The molecule has 3 rings (SSSR count). The molecular formula is C20H20N2O. The van der Waals surface area contributed by atoms with Crippen molar-refractivity contribution >= 4 is 22.8 Å². The summed E-state index contributed by atoms with van der Waals surface area (Å²) >= 11 is 0. The summed E-state index contributed by atoms with van der Waals surface area (Å²) in [5.74, 6) is -0.257. The second-order valence-corrected chi connectivity index (χ2v) is 6.05. The molecule has 2 aromatic carbocycles. The van der Waals surface area contributed by atoms with Gasteiger partial charge in [0.25, 0.3) is 5.91 Å². The highest BCUT2D eigenvalue weighted by Crippen LogP contribution is 2.21. The SMILES string of the molecule is N#C/C(=C\c1cccc2ccccc12)C(=O)NC1CCCCC1. The molecule has 0 spiro atoms. The predicted molar refractivity (Wildman–Crippen MR) is 92.6 cm³/mol. The molecule has 0 saturated heterocycles. The number of rotatable bonds is 3. The van der Waals surface area contributed by atoms with Gasteiger partial charge in [-0.1, -0.05) is 61.7 Å². The van der Waals surface area contributed by atoms with Crippen LogP contribution in [0.25, 0.3) is 16.8 Å². The van der Waals surface area contributed by atoms with Gasteiger partial charge in [0, 0.05) is 6.04 Å². The highest BCUT2D eigenvalue weighted by Gasteiger charge is 2.18. The number of nitriles is 1. The Hall–Kier alpha value is -2.60. The van der Waals surface area contributed by atoms with E-state index in [0.717, 1.165) is 42.0 Å². The third-order valence-electron chi connectivity index (χ3n) is 4.43. The summed E-state index contributed by atoms with van der Waals surface area (Å²) in [5, 5.41) is 14.5. The summed E-state index contributed by atoms with van der Waals surface area (Å²) in [4.78, 5) is 12.4. The van der Waals surface area contributed by atoms with Crippen LogP contribution in [0, 0.1) is 11.3 Å². The van der Waals surface area contributed by atoms with Gasteiger partial charge in [-0.05, 0) is 35.3 Å². The molecule has 2 aromatic rings. The van der Waals surface area contributed by atoms with Crippen LogP contribution in [0.4, 0.5) is 0 Å². The molecule has 0 aliphatic heterocycles. The van der Waals surface area contributed by atoms with Gasteiger partial charge in [0.15, 0.2) is 0 Å². The van der Waals surface area contributed by atoms with Gasteiger partial charge in [-0.3, -0.25) is 4.79 Å². The topological polar surface area (TPSA) is 52.9 Å². The maximum absolute atomic E-state index is 12.4. The molecule has 3 nitrogen and oxygen atoms in total. The summed E-state index contributed by atoms with van der Waals surface area (Å²) in [5.41, 5.74) is 1.07. The van der Waals surface area contributed by atoms with Gasteiger partial charge in [0.05, 0.1) is 0 Å². The molecule has 0 unspecified atom stereocenters. The third-order valence-corrected chi connectivity index (χ3v) is 4.43. The maximum atomic E-state index is 12.4. The Balaban J connectivity index is 1.85. The number of amides is 1. The van der Waals surface area contributed by atoms with Crippen molar-refractivity contribution in [1.82, 2.24) is 5.32 Å². The average molecular weight is 304 g/mol. The monoisotopic (exact) mass is 304 g/mol. The number of carbonyl (C=O) groups is 1. The number of fused-ring (bicyclic) bond motifs is 1. The molecule has 23 heavy (non-hydrogen) atoms. The van der Waals surface area contributed by atoms with E-state index in [1.807, 2.05) is 42.5 Å². The number of hydrogen-bond acceptors (Lipinski definition) is 2. The van der Waals surface area contributed by atoms with E-state index < -0.39 is 0 Å². The summed E-state index contributed by atoms with van der Waals surface area (Å²) in [6.07, 6.45) is 7.26. The zero-order valence-corrected chi connectivity index (χ0v) is 13.1. The van der Waals surface area contributed by atoms with E-state index in [2.05, 4.69) is 11.4 Å². The van der Waals surface area contributed by atoms with Gasteiger partial charge in [0.1, 0.15) is 11.6 Å². The largest absolute Gasteiger partial charge is 0.349 e. The second kappa shape index (κ2) is 7.11. The zero-order chi connectivity index (χ0) is 16.1. The zero-order valence-electron chi connectivity index (χ0n) is 13.1. The summed E-state index contributed by atoms with van der Waals surface area (Å²) in [6.45, 7) is 0. The minimum absolute atomic E-state index is 0.173. The lowest BCUT2D eigenvalue weighted by molar-refractivity contribution is -0.117. The van der Waals surface area contributed by atoms with Crippen LogP contribution in [0.15, 0.2) is 48.0 Å². The molecule has 1 amide bonds. The van der Waals surface area contributed by atoms with Gasteiger partial charge in [-0.15, -0.1) is 0 Å². The number of benzene rings is 2. The van der Waals surface area contributed by atoms with Crippen LogP contribution in [0.5, 0.6) is 0 Å². The Bertz CT molecular complexity index is 774. The Labute approximate surface area is 136 Å². The van der Waals surface area contributed by atoms with E-state index in [1.54, 1.807) is 6.08 Å². The lowest BCUT2D eigenvalue weighted by Gasteiger charge is -2.22. The first kappa shape index (κ1) is 15.3. The first-order valence-electron chi connectivity index (χ1n) is 8.18. The van der Waals surface area contributed by atoms with Crippen LogP contribution in [0.2, 0.25) is 0 Å². The van der Waals surface area contributed by atoms with Crippen molar-refractivity contribution in [3.63, 3.8) is 0 Å². The number of nitrogens with one attached hydrogen (secondary N) is 1. The minimum atomic E-state index is -0.257. The smallest absolute Gasteiger partial charge is 0.262 e. The number of nitrogens with zero attached hydrogens (tertiary/aromatic N) is 1. The van der Waals surface area contributed by atoms with Crippen molar-refractivity contribution in [3.8, 4) is 6.07 Å². The second-order valence-electron chi connectivity index (χ2n) is 6.05. The van der Waals surface area contributed by atoms with Crippen molar-refractivity contribution in [2.24, 2.45) is 0 Å². The van der Waals surface area contributed by atoms with Crippen LogP contribution in [-0.4, -0.2) is 11.9 Å². The van der Waals surface area contributed by atoms with Gasteiger partial charge in [0.2, 0.25) is 0 Å². The van der Waals surface area contributed by atoms with Crippen LogP contribution >= 0.6 is 0 Å². The van der Waals surface area contributed by atoms with Crippen LogP contribution in [0.1, 0.15) is 37.7 Å². The van der Waals surface area contributed by atoms with Gasteiger partial charge in [-0.2, -0.15) is 5.26 Å². The molecule has 116 valence electrons. The number of hydrogen-bond donors (Lipinski definition) is 1. The molecule has 0 bridgehead atoms. The molecule has 1 aliphatic carbocycles. The lowest BCUT2D eigenvalue weighted by Crippen LogP contribution is -2.36. The average Bonchev–Trinajstić information content (AvgIpc) is 2.60. The van der Waals surface area contributed by atoms with E-state index >= 15 is 0 Å². The fraction of sp³-hybridized carbons (Fsp3) is 0.300. The summed E-state index contributed by atoms with van der Waals surface area (Å²) in [7, 11) is 0.